The molecule has 0 aliphatic carbocycles. The summed E-state index contributed by atoms with van der Waals surface area (Å²) in [5.41, 5.74) is 0.798. The zero-order valence-corrected chi connectivity index (χ0v) is 16.9. The van der Waals surface area contributed by atoms with Crippen LogP contribution in [0.5, 0.6) is 5.88 Å². The zero-order chi connectivity index (χ0) is 20.1. The molecule has 1 saturated heterocycles. The molecule has 0 spiro atoms. The van der Waals surface area contributed by atoms with E-state index in [0.717, 1.165) is 18.4 Å². The fourth-order valence-corrected chi connectivity index (χ4v) is 4.20. The average molecular weight is 404 g/mol. The Labute approximate surface area is 165 Å². The van der Waals surface area contributed by atoms with Crippen molar-refractivity contribution in [1.29, 1.82) is 0 Å². The van der Waals surface area contributed by atoms with Crippen molar-refractivity contribution in [2.45, 2.75) is 49.4 Å². The topological polar surface area (TPSA) is 89.5 Å². The Balaban J connectivity index is 1.59. The third-order valence-electron chi connectivity index (χ3n) is 4.80. The Kier molecular flexibility index (Phi) is 6.28. The molecule has 150 valence electrons. The maximum atomic E-state index is 12.7. The SMILES string of the molecule is CC(C)S(=O)(=O)c1ccc(CC(=O)N2CCCC(Oc3ccncn3)C2)cc1. The lowest BCUT2D eigenvalue weighted by Crippen LogP contribution is -2.45. The van der Waals surface area contributed by atoms with Gasteiger partial charge in [-0.05, 0) is 44.4 Å². The third-order valence-corrected chi connectivity index (χ3v) is 6.97. The lowest BCUT2D eigenvalue weighted by molar-refractivity contribution is -0.133. The van der Waals surface area contributed by atoms with Crippen LogP contribution in [0, 0.1) is 0 Å². The van der Waals surface area contributed by atoms with E-state index in [1.807, 2.05) is 0 Å². The lowest BCUT2D eigenvalue weighted by Gasteiger charge is -2.32. The summed E-state index contributed by atoms with van der Waals surface area (Å²) < 4.78 is 30.3. The van der Waals surface area contributed by atoms with Gasteiger partial charge in [0.1, 0.15) is 12.4 Å². The number of sulfone groups is 1. The van der Waals surface area contributed by atoms with Crippen molar-refractivity contribution >= 4 is 15.7 Å². The molecule has 1 aliphatic heterocycles. The zero-order valence-electron chi connectivity index (χ0n) is 16.1. The summed E-state index contributed by atoms with van der Waals surface area (Å²) >= 11 is 0. The molecule has 1 aliphatic rings. The van der Waals surface area contributed by atoms with Gasteiger partial charge in [0.25, 0.3) is 0 Å². The number of benzene rings is 1. The van der Waals surface area contributed by atoms with E-state index in [1.54, 1.807) is 55.3 Å². The normalized spacial score (nSPS) is 17.5. The second-order valence-electron chi connectivity index (χ2n) is 7.18. The largest absolute Gasteiger partial charge is 0.472 e. The Bertz CT molecular complexity index is 899. The van der Waals surface area contributed by atoms with Gasteiger partial charge in [0, 0.05) is 18.8 Å². The standard InChI is InChI=1S/C20H25N3O4S/c1-15(2)28(25,26)18-7-5-16(6-8-18)12-20(24)23-11-3-4-17(13-23)27-19-9-10-21-14-22-19/h5-10,14-15,17H,3-4,11-13H2,1-2H3. The molecule has 3 rings (SSSR count). The number of ether oxygens (including phenoxy) is 1. The van der Waals surface area contributed by atoms with Crippen molar-refractivity contribution < 1.29 is 17.9 Å². The molecule has 28 heavy (non-hydrogen) atoms. The summed E-state index contributed by atoms with van der Waals surface area (Å²) in [4.78, 5) is 22.7. The monoisotopic (exact) mass is 403 g/mol. The van der Waals surface area contributed by atoms with Gasteiger partial charge in [0.15, 0.2) is 9.84 Å². The first-order valence-corrected chi connectivity index (χ1v) is 10.9. The van der Waals surface area contributed by atoms with E-state index in [9.17, 15) is 13.2 Å². The lowest BCUT2D eigenvalue weighted by atomic mass is 10.1. The number of likely N-dealkylation sites (tertiary alicyclic amines) is 1. The molecule has 1 aromatic carbocycles. The Morgan fingerprint density at radius 1 is 1.25 bits per heavy atom. The van der Waals surface area contributed by atoms with Crippen molar-refractivity contribution in [2.75, 3.05) is 13.1 Å². The molecule has 2 aromatic rings. The Hall–Kier alpha value is -2.48. The Morgan fingerprint density at radius 2 is 2.00 bits per heavy atom. The highest BCUT2D eigenvalue weighted by molar-refractivity contribution is 7.92. The van der Waals surface area contributed by atoms with Crippen molar-refractivity contribution in [3.8, 4) is 5.88 Å². The van der Waals surface area contributed by atoms with Gasteiger partial charge in [-0.3, -0.25) is 4.79 Å². The molecule has 0 radical (unpaired) electrons. The van der Waals surface area contributed by atoms with Crippen LogP contribution in [0.4, 0.5) is 0 Å². The van der Waals surface area contributed by atoms with E-state index in [-0.39, 0.29) is 23.3 Å². The van der Waals surface area contributed by atoms with Crippen LogP contribution >= 0.6 is 0 Å². The van der Waals surface area contributed by atoms with E-state index in [1.165, 1.54) is 6.33 Å². The first-order valence-electron chi connectivity index (χ1n) is 9.39. The van der Waals surface area contributed by atoms with E-state index < -0.39 is 15.1 Å². The van der Waals surface area contributed by atoms with E-state index in [4.69, 9.17) is 4.74 Å². The second kappa shape index (κ2) is 8.68. The van der Waals surface area contributed by atoms with Crippen molar-refractivity contribution in [1.82, 2.24) is 14.9 Å². The van der Waals surface area contributed by atoms with Gasteiger partial charge in [-0.25, -0.2) is 18.4 Å². The minimum Gasteiger partial charge on any atom is -0.472 e. The molecule has 1 unspecified atom stereocenters. The van der Waals surface area contributed by atoms with Gasteiger partial charge in [0.05, 0.1) is 23.1 Å². The fourth-order valence-electron chi connectivity index (χ4n) is 3.14. The Morgan fingerprint density at radius 3 is 2.64 bits per heavy atom. The summed E-state index contributed by atoms with van der Waals surface area (Å²) in [7, 11) is -3.30. The summed E-state index contributed by atoms with van der Waals surface area (Å²) in [6, 6.07) is 8.29. The number of amides is 1. The van der Waals surface area contributed by atoms with E-state index >= 15 is 0 Å². The molecule has 7 nitrogen and oxygen atoms in total. The number of hydrogen-bond acceptors (Lipinski definition) is 6. The van der Waals surface area contributed by atoms with Gasteiger partial charge in [0.2, 0.25) is 11.8 Å². The van der Waals surface area contributed by atoms with Crippen LogP contribution in [0.1, 0.15) is 32.3 Å². The van der Waals surface area contributed by atoms with E-state index in [0.29, 0.717) is 19.0 Å². The number of piperidine rings is 1. The number of hydrogen-bond donors (Lipinski definition) is 0. The molecular weight excluding hydrogens is 378 g/mol. The van der Waals surface area contributed by atoms with Gasteiger partial charge >= 0.3 is 0 Å². The molecular formula is C20H25N3O4S. The first-order chi connectivity index (χ1) is 13.4. The van der Waals surface area contributed by atoms with Crippen LogP contribution < -0.4 is 4.74 Å². The molecule has 2 heterocycles. The van der Waals surface area contributed by atoms with Crippen molar-refractivity contribution in [3.63, 3.8) is 0 Å². The first kappa shape index (κ1) is 20.3. The van der Waals surface area contributed by atoms with Crippen LogP contribution in [0.2, 0.25) is 0 Å². The number of aromatic nitrogens is 2. The maximum Gasteiger partial charge on any atom is 0.227 e. The molecule has 0 bridgehead atoms. The summed E-state index contributed by atoms with van der Waals surface area (Å²) in [6.45, 7) is 4.52. The van der Waals surface area contributed by atoms with E-state index in [2.05, 4.69) is 9.97 Å². The molecule has 1 aromatic heterocycles. The predicted octanol–water partition coefficient (Wildman–Crippen LogP) is 2.27. The number of nitrogens with zero attached hydrogens (tertiary/aromatic N) is 3. The van der Waals surface area contributed by atoms with Crippen LogP contribution in [-0.4, -0.2) is 53.6 Å². The van der Waals surface area contributed by atoms with Gasteiger partial charge in [-0.2, -0.15) is 0 Å². The van der Waals surface area contributed by atoms with Crippen LogP contribution in [0.3, 0.4) is 0 Å². The van der Waals surface area contributed by atoms with Crippen LogP contribution in [0.25, 0.3) is 0 Å². The molecule has 8 heteroatoms. The molecule has 1 atom stereocenters. The van der Waals surface area contributed by atoms with Crippen molar-refractivity contribution in [3.05, 3.63) is 48.4 Å². The van der Waals surface area contributed by atoms with Crippen molar-refractivity contribution in [2.24, 2.45) is 0 Å². The number of carbonyl (C=O) groups excluding carboxylic acids is 1. The molecule has 0 saturated carbocycles. The number of carbonyl (C=O) groups is 1. The highest BCUT2D eigenvalue weighted by atomic mass is 32.2. The molecule has 1 amide bonds. The van der Waals surface area contributed by atoms with Gasteiger partial charge in [-0.15, -0.1) is 0 Å². The van der Waals surface area contributed by atoms with Gasteiger partial charge in [-0.1, -0.05) is 12.1 Å². The summed E-state index contributed by atoms with van der Waals surface area (Å²) in [5.74, 6) is 0.520. The molecule has 1 fully saturated rings. The number of rotatable bonds is 6. The average Bonchev–Trinajstić information content (AvgIpc) is 2.69. The summed E-state index contributed by atoms with van der Waals surface area (Å²) in [6.07, 6.45) is 4.94. The third kappa shape index (κ3) is 4.86. The predicted molar refractivity (Wildman–Crippen MR) is 105 cm³/mol. The van der Waals surface area contributed by atoms with Crippen LogP contribution in [-0.2, 0) is 21.1 Å². The minimum absolute atomic E-state index is 0.00968. The fraction of sp³-hybridized carbons (Fsp3) is 0.450. The van der Waals surface area contributed by atoms with Crippen LogP contribution in [0.15, 0.2) is 47.8 Å². The quantitative estimate of drug-likeness (QED) is 0.735. The van der Waals surface area contributed by atoms with Gasteiger partial charge < -0.3 is 9.64 Å². The maximum absolute atomic E-state index is 12.7. The second-order valence-corrected chi connectivity index (χ2v) is 9.69. The smallest absolute Gasteiger partial charge is 0.227 e. The minimum atomic E-state index is -3.30. The highest BCUT2D eigenvalue weighted by Gasteiger charge is 2.25. The molecule has 0 N–H and O–H groups in total. The highest BCUT2D eigenvalue weighted by Crippen LogP contribution is 2.19. The summed E-state index contributed by atoms with van der Waals surface area (Å²) in [5, 5.41) is -0.472.